The van der Waals surface area contributed by atoms with Gasteiger partial charge in [0.2, 0.25) is 0 Å². The van der Waals surface area contributed by atoms with Crippen LogP contribution in [0.15, 0.2) is 48.5 Å². The van der Waals surface area contributed by atoms with Crippen molar-refractivity contribution in [2.24, 2.45) is 0 Å². The van der Waals surface area contributed by atoms with Crippen LogP contribution in [0.5, 0.6) is 5.75 Å². The summed E-state index contributed by atoms with van der Waals surface area (Å²) >= 11 is 0. The molecule has 0 atom stereocenters. The summed E-state index contributed by atoms with van der Waals surface area (Å²) in [5.41, 5.74) is 4.55. The molecule has 2 rings (SSSR count). The van der Waals surface area contributed by atoms with Crippen molar-refractivity contribution in [3.63, 3.8) is 0 Å². The summed E-state index contributed by atoms with van der Waals surface area (Å²) in [4.78, 5) is 34.6. The maximum absolute atomic E-state index is 12.3. The van der Waals surface area contributed by atoms with Gasteiger partial charge < -0.3 is 9.47 Å². The Balaban J connectivity index is 1.98. The molecule has 0 aliphatic heterocycles. The number of carbonyl (C=O) groups is 2. The molecule has 0 saturated carbocycles. The van der Waals surface area contributed by atoms with Crippen molar-refractivity contribution in [2.75, 3.05) is 19.8 Å². The molecule has 0 aliphatic carbocycles. The molecule has 142 valence electrons. The molecular formula is C18H19N3O6. The zero-order valence-electron chi connectivity index (χ0n) is 14.6. The third-order valence-electron chi connectivity index (χ3n) is 3.43. The number of ether oxygens (including phenoxy) is 2. The van der Waals surface area contributed by atoms with E-state index in [-0.39, 0.29) is 23.4 Å². The molecule has 0 saturated heterocycles. The van der Waals surface area contributed by atoms with Gasteiger partial charge in [-0.15, -0.1) is 0 Å². The van der Waals surface area contributed by atoms with Crippen molar-refractivity contribution < 1.29 is 24.0 Å². The Morgan fingerprint density at radius 1 is 1.04 bits per heavy atom. The highest BCUT2D eigenvalue weighted by Crippen LogP contribution is 2.17. The Bertz CT molecular complexity index is 824. The van der Waals surface area contributed by atoms with Crippen LogP contribution in [0.25, 0.3) is 0 Å². The van der Waals surface area contributed by atoms with Crippen molar-refractivity contribution in [3.05, 3.63) is 69.8 Å². The third kappa shape index (κ3) is 5.79. The van der Waals surface area contributed by atoms with Gasteiger partial charge in [0.25, 0.3) is 17.5 Å². The van der Waals surface area contributed by atoms with Crippen LogP contribution in [-0.4, -0.2) is 36.6 Å². The van der Waals surface area contributed by atoms with Gasteiger partial charge in [-0.1, -0.05) is 18.2 Å². The lowest BCUT2D eigenvalue weighted by Crippen LogP contribution is -2.41. The molecule has 0 unspecified atom stereocenters. The maximum atomic E-state index is 12.3. The second kappa shape index (κ2) is 9.88. The average molecular weight is 373 g/mol. The van der Waals surface area contributed by atoms with Gasteiger partial charge in [0.05, 0.1) is 17.1 Å². The first-order chi connectivity index (χ1) is 13.0. The summed E-state index contributed by atoms with van der Waals surface area (Å²) in [6.45, 7) is 3.09. The van der Waals surface area contributed by atoms with Gasteiger partial charge in [0.1, 0.15) is 12.4 Å². The van der Waals surface area contributed by atoms with E-state index in [2.05, 4.69) is 10.9 Å². The number of amides is 2. The van der Waals surface area contributed by atoms with Crippen molar-refractivity contribution in [1.29, 1.82) is 0 Å². The van der Waals surface area contributed by atoms with E-state index in [0.717, 1.165) is 6.07 Å². The number of rotatable bonds is 8. The quantitative estimate of drug-likeness (QED) is 0.415. The number of para-hydroxylation sites is 1. The Morgan fingerprint density at radius 3 is 2.52 bits per heavy atom. The fourth-order valence-corrected chi connectivity index (χ4v) is 2.15. The minimum Gasteiger partial charge on any atom is -0.490 e. The van der Waals surface area contributed by atoms with E-state index in [1.165, 1.54) is 18.2 Å². The SMILES string of the molecule is CCOCCOc1ccccc1C(=O)NNC(=O)c1cccc([N+](=O)[O-])c1. The lowest BCUT2D eigenvalue weighted by Gasteiger charge is -2.12. The van der Waals surface area contributed by atoms with Gasteiger partial charge >= 0.3 is 0 Å². The predicted octanol–water partition coefficient (Wildman–Crippen LogP) is 2.08. The fraction of sp³-hybridized carbons (Fsp3) is 0.222. The molecule has 2 N–H and O–H groups in total. The van der Waals surface area contributed by atoms with Crippen LogP contribution in [-0.2, 0) is 4.74 Å². The minimum absolute atomic E-state index is 0.0470. The molecule has 0 bridgehead atoms. The molecule has 9 nitrogen and oxygen atoms in total. The molecule has 0 spiro atoms. The number of hydrogen-bond acceptors (Lipinski definition) is 6. The van der Waals surface area contributed by atoms with E-state index in [9.17, 15) is 19.7 Å². The number of carbonyl (C=O) groups excluding carboxylic acids is 2. The highest BCUT2D eigenvalue weighted by Gasteiger charge is 2.15. The molecular weight excluding hydrogens is 354 g/mol. The number of nitro groups is 1. The van der Waals surface area contributed by atoms with Crippen molar-refractivity contribution >= 4 is 17.5 Å². The van der Waals surface area contributed by atoms with E-state index in [0.29, 0.717) is 19.0 Å². The zero-order chi connectivity index (χ0) is 19.6. The van der Waals surface area contributed by atoms with E-state index in [1.807, 2.05) is 6.92 Å². The molecule has 27 heavy (non-hydrogen) atoms. The second-order valence-electron chi connectivity index (χ2n) is 5.26. The van der Waals surface area contributed by atoms with E-state index >= 15 is 0 Å². The molecule has 0 heterocycles. The Labute approximate surface area is 155 Å². The number of hydrazine groups is 1. The van der Waals surface area contributed by atoms with Crippen molar-refractivity contribution in [2.45, 2.75) is 6.92 Å². The molecule has 9 heteroatoms. The average Bonchev–Trinajstić information content (AvgIpc) is 2.69. The smallest absolute Gasteiger partial charge is 0.273 e. The van der Waals surface area contributed by atoms with Crippen LogP contribution in [0.2, 0.25) is 0 Å². The standard InChI is InChI=1S/C18H19N3O6/c1-2-26-10-11-27-16-9-4-3-8-15(16)18(23)20-19-17(22)13-6-5-7-14(12-13)21(24)25/h3-9,12H,2,10-11H2,1H3,(H,19,22)(H,20,23). The van der Waals surface area contributed by atoms with Crippen LogP contribution < -0.4 is 15.6 Å². The van der Waals surface area contributed by atoms with E-state index in [1.54, 1.807) is 24.3 Å². The summed E-state index contributed by atoms with van der Waals surface area (Å²) in [6, 6.07) is 11.7. The first-order valence-corrected chi connectivity index (χ1v) is 8.17. The Hall–Kier alpha value is -3.46. The van der Waals surface area contributed by atoms with Crippen molar-refractivity contribution in [1.82, 2.24) is 10.9 Å². The first kappa shape index (κ1) is 19.9. The monoisotopic (exact) mass is 373 g/mol. The van der Waals surface area contributed by atoms with Crippen LogP contribution in [0.3, 0.4) is 0 Å². The van der Waals surface area contributed by atoms with Crippen LogP contribution >= 0.6 is 0 Å². The number of nitrogens with one attached hydrogen (secondary N) is 2. The minimum atomic E-state index is -0.679. The normalized spacial score (nSPS) is 10.1. The molecule has 2 amide bonds. The zero-order valence-corrected chi connectivity index (χ0v) is 14.6. The summed E-state index contributed by atoms with van der Waals surface area (Å²) in [5.74, 6) is -0.915. The van der Waals surface area contributed by atoms with Gasteiger partial charge in [0, 0.05) is 24.3 Å². The number of nitro benzene ring substituents is 1. The lowest BCUT2D eigenvalue weighted by molar-refractivity contribution is -0.384. The number of nitrogens with zero attached hydrogens (tertiary/aromatic N) is 1. The van der Waals surface area contributed by atoms with E-state index in [4.69, 9.17) is 9.47 Å². The van der Waals surface area contributed by atoms with Crippen molar-refractivity contribution in [3.8, 4) is 5.75 Å². The summed E-state index contributed by atoms with van der Waals surface area (Å²) in [7, 11) is 0. The predicted molar refractivity (Wildman–Crippen MR) is 96.5 cm³/mol. The topological polar surface area (TPSA) is 120 Å². The fourth-order valence-electron chi connectivity index (χ4n) is 2.15. The molecule has 0 radical (unpaired) electrons. The summed E-state index contributed by atoms with van der Waals surface area (Å²) in [6.07, 6.45) is 0. The van der Waals surface area contributed by atoms with Gasteiger partial charge in [-0.2, -0.15) is 0 Å². The number of benzene rings is 2. The molecule has 0 aliphatic rings. The molecule has 2 aromatic rings. The van der Waals surface area contributed by atoms with Crippen LogP contribution in [0.1, 0.15) is 27.6 Å². The molecule has 0 aromatic heterocycles. The lowest BCUT2D eigenvalue weighted by atomic mass is 10.2. The van der Waals surface area contributed by atoms with Crippen LogP contribution in [0, 0.1) is 10.1 Å². The molecule has 2 aromatic carbocycles. The largest absolute Gasteiger partial charge is 0.490 e. The number of hydrogen-bond donors (Lipinski definition) is 2. The second-order valence-corrected chi connectivity index (χ2v) is 5.26. The Kier molecular flexibility index (Phi) is 7.26. The summed E-state index contributed by atoms with van der Waals surface area (Å²) < 4.78 is 10.7. The van der Waals surface area contributed by atoms with Gasteiger partial charge in [0.15, 0.2) is 0 Å². The maximum Gasteiger partial charge on any atom is 0.273 e. The van der Waals surface area contributed by atoms with Gasteiger partial charge in [-0.3, -0.25) is 30.6 Å². The van der Waals surface area contributed by atoms with Gasteiger partial charge in [-0.25, -0.2) is 0 Å². The molecule has 0 fully saturated rings. The summed E-state index contributed by atoms with van der Waals surface area (Å²) in [5, 5.41) is 10.8. The highest BCUT2D eigenvalue weighted by atomic mass is 16.6. The first-order valence-electron chi connectivity index (χ1n) is 8.17. The van der Waals surface area contributed by atoms with E-state index < -0.39 is 16.7 Å². The third-order valence-corrected chi connectivity index (χ3v) is 3.43. The number of non-ortho nitro benzene ring substituents is 1. The van der Waals surface area contributed by atoms with Gasteiger partial charge in [-0.05, 0) is 25.1 Å². The van der Waals surface area contributed by atoms with Crippen LogP contribution in [0.4, 0.5) is 5.69 Å². The highest BCUT2D eigenvalue weighted by molar-refractivity contribution is 6.00. The Morgan fingerprint density at radius 2 is 1.78 bits per heavy atom.